The summed E-state index contributed by atoms with van der Waals surface area (Å²) >= 11 is 2.27. The molecule has 1 N–H and O–H groups in total. The standard InChI is InChI=1S/C11H13IN2O/c1-8-3-4-9(12)7-10(8)14-6-2-5-13-11(14)15/h3-4,7H,2,5-6H2,1H3,(H,13,15). The fourth-order valence-electron chi connectivity index (χ4n) is 1.73. The lowest BCUT2D eigenvalue weighted by atomic mass is 10.1. The number of anilines is 1. The summed E-state index contributed by atoms with van der Waals surface area (Å²) in [5.74, 6) is 0. The van der Waals surface area contributed by atoms with Crippen LogP contribution in [0.1, 0.15) is 12.0 Å². The number of nitrogens with one attached hydrogen (secondary N) is 1. The first-order chi connectivity index (χ1) is 7.18. The molecule has 0 aliphatic carbocycles. The Labute approximate surface area is 103 Å². The zero-order valence-electron chi connectivity index (χ0n) is 8.59. The number of rotatable bonds is 1. The lowest BCUT2D eigenvalue weighted by Crippen LogP contribution is -2.46. The quantitative estimate of drug-likeness (QED) is 0.794. The van der Waals surface area contributed by atoms with Crippen LogP contribution >= 0.6 is 22.6 Å². The second-order valence-corrected chi connectivity index (χ2v) is 4.91. The Balaban J connectivity index is 2.34. The highest BCUT2D eigenvalue weighted by molar-refractivity contribution is 14.1. The van der Waals surface area contributed by atoms with Crippen molar-refractivity contribution in [2.75, 3.05) is 18.0 Å². The molecule has 4 heteroatoms. The summed E-state index contributed by atoms with van der Waals surface area (Å²) in [6.07, 6.45) is 1.01. The van der Waals surface area contributed by atoms with E-state index in [4.69, 9.17) is 0 Å². The molecule has 0 atom stereocenters. The van der Waals surface area contributed by atoms with Crippen LogP contribution in [-0.2, 0) is 0 Å². The predicted molar refractivity (Wildman–Crippen MR) is 69.3 cm³/mol. The third kappa shape index (κ3) is 2.25. The summed E-state index contributed by atoms with van der Waals surface area (Å²) in [6, 6.07) is 6.19. The Hall–Kier alpha value is -0.780. The maximum Gasteiger partial charge on any atom is 0.321 e. The van der Waals surface area contributed by atoms with Crippen molar-refractivity contribution in [3.05, 3.63) is 27.3 Å². The average molecular weight is 316 g/mol. The molecule has 0 radical (unpaired) electrons. The van der Waals surface area contributed by atoms with E-state index < -0.39 is 0 Å². The van der Waals surface area contributed by atoms with Gasteiger partial charge in [-0.05, 0) is 53.6 Å². The topological polar surface area (TPSA) is 32.3 Å². The highest BCUT2D eigenvalue weighted by atomic mass is 127. The summed E-state index contributed by atoms with van der Waals surface area (Å²) in [5, 5.41) is 2.86. The van der Waals surface area contributed by atoms with Gasteiger partial charge in [0.25, 0.3) is 0 Å². The van der Waals surface area contributed by atoms with Crippen LogP contribution in [0.4, 0.5) is 10.5 Å². The van der Waals surface area contributed by atoms with Gasteiger partial charge >= 0.3 is 6.03 Å². The minimum Gasteiger partial charge on any atom is -0.338 e. The Morgan fingerprint density at radius 2 is 2.27 bits per heavy atom. The number of aryl methyl sites for hydroxylation is 1. The van der Waals surface area contributed by atoms with Crippen LogP contribution in [0.15, 0.2) is 18.2 Å². The third-order valence-corrected chi connectivity index (χ3v) is 3.21. The maximum atomic E-state index is 11.7. The molecule has 1 aliphatic heterocycles. The van der Waals surface area contributed by atoms with E-state index in [0.717, 1.165) is 34.3 Å². The second kappa shape index (κ2) is 4.38. The molecule has 0 aromatic heterocycles. The number of carbonyl (C=O) groups excluding carboxylic acids is 1. The van der Waals surface area contributed by atoms with Gasteiger partial charge in [-0.1, -0.05) is 6.07 Å². The van der Waals surface area contributed by atoms with Gasteiger partial charge in [-0.25, -0.2) is 4.79 Å². The van der Waals surface area contributed by atoms with Gasteiger partial charge in [0.1, 0.15) is 0 Å². The van der Waals surface area contributed by atoms with E-state index >= 15 is 0 Å². The molecule has 1 aromatic carbocycles. The maximum absolute atomic E-state index is 11.7. The van der Waals surface area contributed by atoms with Crippen molar-refractivity contribution in [3.63, 3.8) is 0 Å². The van der Waals surface area contributed by atoms with Crippen molar-refractivity contribution in [2.45, 2.75) is 13.3 Å². The Morgan fingerprint density at radius 3 is 3.00 bits per heavy atom. The summed E-state index contributed by atoms with van der Waals surface area (Å²) in [7, 11) is 0. The van der Waals surface area contributed by atoms with E-state index in [1.807, 2.05) is 11.8 Å². The number of nitrogens with zero attached hydrogens (tertiary/aromatic N) is 1. The van der Waals surface area contributed by atoms with Crippen molar-refractivity contribution in [1.82, 2.24) is 5.32 Å². The van der Waals surface area contributed by atoms with E-state index in [-0.39, 0.29) is 6.03 Å². The number of carbonyl (C=O) groups is 1. The molecule has 0 spiro atoms. The van der Waals surface area contributed by atoms with E-state index in [2.05, 4.69) is 46.1 Å². The molecule has 1 heterocycles. The molecule has 2 rings (SSSR count). The summed E-state index contributed by atoms with van der Waals surface area (Å²) < 4.78 is 1.16. The van der Waals surface area contributed by atoms with Crippen LogP contribution in [0.3, 0.4) is 0 Å². The third-order valence-electron chi connectivity index (χ3n) is 2.54. The average Bonchev–Trinajstić information content (AvgIpc) is 2.23. The summed E-state index contributed by atoms with van der Waals surface area (Å²) in [5.41, 5.74) is 2.17. The van der Waals surface area contributed by atoms with Gasteiger partial charge in [0.05, 0.1) is 0 Å². The number of hydrogen-bond acceptors (Lipinski definition) is 1. The molecular weight excluding hydrogens is 303 g/mol. The first kappa shape index (κ1) is 10.7. The molecule has 1 aromatic rings. The van der Waals surface area contributed by atoms with Crippen molar-refractivity contribution in [3.8, 4) is 0 Å². The van der Waals surface area contributed by atoms with E-state index in [9.17, 15) is 4.79 Å². The number of benzene rings is 1. The highest BCUT2D eigenvalue weighted by Crippen LogP contribution is 2.23. The predicted octanol–water partition coefficient (Wildman–Crippen LogP) is 2.52. The zero-order valence-corrected chi connectivity index (χ0v) is 10.7. The molecule has 0 bridgehead atoms. The minimum atomic E-state index is 0.0198. The number of hydrogen-bond donors (Lipinski definition) is 1. The SMILES string of the molecule is Cc1ccc(I)cc1N1CCCNC1=O. The number of urea groups is 1. The Kier molecular flexibility index (Phi) is 3.14. The largest absolute Gasteiger partial charge is 0.338 e. The van der Waals surface area contributed by atoms with Crippen molar-refractivity contribution in [2.24, 2.45) is 0 Å². The van der Waals surface area contributed by atoms with Gasteiger partial charge in [-0.2, -0.15) is 0 Å². The smallest absolute Gasteiger partial charge is 0.321 e. The Morgan fingerprint density at radius 1 is 1.47 bits per heavy atom. The van der Waals surface area contributed by atoms with Crippen molar-refractivity contribution >= 4 is 34.3 Å². The normalized spacial score (nSPS) is 16.4. The molecule has 2 amide bonds. The first-order valence-corrected chi connectivity index (χ1v) is 6.08. The summed E-state index contributed by atoms with van der Waals surface area (Å²) in [6.45, 7) is 3.64. The fraction of sp³-hybridized carbons (Fsp3) is 0.364. The van der Waals surface area contributed by atoms with Gasteiger partial charge in [-0.3, -0.25) is 4.90 Å². The van der Waals surface area contributed by atoms with Crippen LogP contribution in [-0.4, -0.2) is 19.1 Å². The fourth-order valence-corrected chi connectivity index (χ4v) is 2.21. The molecule has 0 unspecified atom stereocenters. The van der Waals surface area contributed by atoms with Crippen LogP contribution < -0.4 is 10.2 Å². The zero-order chi connectivity index (χ0) is 10.8. The lowest BCUT2D eigenvalue weighted by molar-refractivity contribution is 0.243. The molecule has 3 nitrogen and oxygen atoms in total. The van der Waals surface area contributed by atoms with E-state index in [0.29, 0.717) is 0 Å². The molecule has 80 valence electrons. The molecule has 1 saturated heterocycles. The molecule has 1 aliphatic rings. The second-order valence-electron chi connectivity index (χ2n) is 3.67. The molecule has 0 saturated carbocycles. The van der Waals surface area contributed by atoms with Crippen LogP contribution in [0.2, 0.25) is 0 Å². The van der Waals surface area contributed by atoms with E-state index in [1.165, 1.54) is 0 Å². The molecule has 1 fully saturated rings. The molecule has 15 heavy (non-hydrogen) atoms. The minimum absolute atomic E-state index is 0.0198. The van der Waals surface area contributed by atoms with E-state index in [1.54, 1.807) is 0 Å². The van der Waals surface area contributed by atoms with Gasteiger partial charge in [0.2, 0.25) is 0 Å². The van der Waals surface area contributed by atoms with Gasteiger partial charge in [-0.15, -0.1) is 0 Å². The summed E-state index contributed by atoms with van der Waals surface area (Å²) in [4.78, 5) is 13.5. The van der Waals surface area contributed by atoms with Crippen LogP contribution in [0.25, 0.3) is 0 Å². The van der Waals surface area contributed by atoms with Gasteiger partial charge in [0.15, 0.2) is 0 Å². The van der Waals surface area contributed by atoms with Crippen LogP contribution in [0, 0.1) is 10.5 Å². The van der Waals surface area contributed by atoms with Gasteiger partial charge in [0, 0.05) is 22.3 Å². The van der Waals surface area contributed by atoms with Crippen LogP contribution in [0.5, 0.6) is 0 Å². The lowest BCUT2D eigenvalue weighted by Gasteiger charge is -2.28. The van der Waals surface area contributed by atoms with Gasteiger partial charge < -0.3 is 5.32 Å². The number of amides is 2. The molecular formula is C11H13IN2O. The monoisotopic (exact) mass is 316 g/mol. The Bertz CT molecular complexity index is 392. The highest BCUT2D eigenvalue weighted by Gasteiger charge is 2.20. The van der Waals surface area contributed by atoms with Crippen molar-refractivity contribution in [1.29, 1.82) is 0 Å². The number of halogens is 1. The van der Waals surface area contributed by atoms with Crippen molar-refractivity contribution < 1.29 is 4.79 Å². The first-order valence-electron chi connectivity index (χ1n) is 5.00.